The van der Waals surface area contributed by atoms with Crippen molar-refractivity contribution in [2.45, 2.75) is 45.1 Å². The number of nitrogens with zero attached hydrogens (tertiary/aromatic N) is 2. The average Bonchev–Trinajstić information content (AvgIpc) is 2.87. The quantitative estimate of drug-likeness (QED) is 0.558. The molecule has 1 aromatic carbocycles. The lowest BCUT2D eigenvalue weighted by atomic mass is 10.1. The molecule has 2 aromatic rings. The Kier molecular flexibility index (Phi) is 5.62. The van der Waals surface area contributed by atoms with Crippen LogP contribution in [0.4, 0.5) is 0 Å². The minimum atomic E-state index is -1.08. The van der Waals surface area contributed by atoms with E-state index in [-0.39, 0.29) is 6.29 Å². The molecule has 24 heavy (non-hydrogen) atoms. The third-order valence-electron chi connectivity index (χ3n) is 4.04. The molecule has 3 rings (SSSR count). The zero-order chi connectivity index (χ0) is 17.2. The first-order chi connectivity index (χ1) is 11.4. The molecule has 7 heteroatoms. The van der Waals surface area contributed by atoms with E-state index in [0.717, 1.165) is 48.8 Å². The van der Waals surface area contributed by atoms with Crippen LogP contribution in [0.3, 0.4) is 0 Å². The van der Waals surface area contributed by atoms with Crippen molar-refractivity contribution in [3.8, 4) is 0 Å². The molecule has 1 saturated heterocycles. The molecule has 0 radical (unpaired) electrons. The van der Waals surface area contributed by atoms with Gasteiger partial charge in [0.2, 0.25) is 0 Å². The van der Waals surface area contributed by atoms with Gasteiger partial charge >= 0.3 is 0 Å². The van der Waals surface area contributed by atoms with Gasteiger partial charge in [-0.05, 0) is 24.6 Å². The van der Waals surface area contributed by atoms with E-state index in [0.29, 0.717) is 11.9 Å². The molecule has 0 amide bonds. The number of fused-ring (bicyclic) bond motifs is 1. The summed E-state index contributed by atoms with van der Waals surface area (Å²) in [5.74, 6) is 0. The fraction of sp³-hybridized carbons (Fsp3) is 0.588. The van der Waals surface area contributed by atoms with Crippen LogP contribution in [0.2, 0.25) is 30.8 Å². The standard InChI is InChI=1S/C17H25ClN2O3Si/c1-24(2,3)10-9-21-12-20-15-6-5-13(11-14(15)16(18)19-20)17-22-7-4-8-23-17/h5-6,11,17H,4,7-10,12H2,1-3H3. The van der Waals surface area contributed by atoms with Gasteiger partial charge in [0.05, 0.1) is 18.7 Å². The molecule has 132 valence electrons. The Morgan fingerprint density at radius 3 is 2.75 bits per heavy atom. The zero-order valence-corrected chi connectivity index (χ0v) is 16.3. The van der Waals surface area contributed by atoms with Crippen molar-refractivity contribution < 1.29 is 14.2 Å². The van der Waals surface area contributed by atoms with Crippen LogP contribution in [0.15, 0.2) is 18.2 Å². The lowest BCUT2D eigenvalue weighted by Crippen LogP contribution is -2.22. The molecule has 1 aliphatic rings. The fourth-order valence-electron chi connectivity index (χ4n) is 2.61. The van der Waals surface area contributed by atoms with E-state index in [1.54, 1.807) is 0 Å². The summed E-state index contributed by atoms with van der Waals surface area (Å²) < 4.78 is 18.9. The highest BCUT2D eigenvalue weighted by Crippen LogP contribution is 2.29. The van der Waals surface area contributed by atoms with Gasteiger partial charge in [-0.3, -0.25) is 0 Å². The molecule has 0 atom stereocenters. The van der Waals surface area contributed by atoms with Gasteiger partial charge in [0.15, 0.2) is 11.4 Å². The minimum absolute atomic E-state index is 0.310. The Hall–Kier alpha value is -0.923. The second-order valence-electron chi connectivity index (χ2n) is 7.34. The van der Waals surface area contributed by atoms with E-state index in [1.165, 1.54) is 0 Å². The summed E-state index contributed by atoms with van der Waals surface area (Å²) in [5, 5.41) is 5.78. The summed E-state index contributed by atoms with van der Waals surface area (Å²) in [7, 11) is -1.08. The number of benzene rings is 1. The number of hydrogen-bond acceptors (Lipinski definition) is 4. The Labute approximate surface area is 148 Å². The first-order valence-corrected chi connectivity index (χ1v) is 12.5. The van der Waals surface area contributed by atoms with Crippen LogP contribution in [-0.4, -0.2) is 37.7 Å². The van der Waals surface area contributed by atoms with Crippen LogP contribution in [-0.2, 0) is 20.9 Å². The predicted octanol–water partition coefficient (Wildman–Crippen LogP) is 4.44. The van der Waals surface area contributed by atoms with Crippen LogP contribution in [0.25, 0.3) is 10.9 Å². The van der Waals surface area contributed by atoms with Gasteiger partial charge in [-0.15, -0.1) is 0 Å². The molecule has 0 spiro atoms. The summed E-state index contributed by atoms with van der Waals surface area (Å²) in [6.45, 7) is 9.65. The largest absolute Gasteiger partial charge is 0.360 e. The average molecular weight is 369 g/mol. The highest BCUT2D eigenvalue weighted by atomic mass is 35.5. The molecule has 2 heterocycles. The van der Waals surface area contributed by atoms with Gasteiger partial charge in [-0.25, -0.2) is 4.68 Å². The third kappa shape index (κ3) is 4.37. The number of hydrogen-bond donors (Lipinski definition) is 0. The van der Waals surface area contributed by atoms with Crippen molar-refractivity contribution in [2.75, 3.05) is 19.8 Å². The summed E-state index contributed by atoms with van der Waals surface area (Å²) in [5.41, 5.74) is 1.94. The van der Waals surface area contributed by atoms with Gasteiger partial charge in [0.1, 0.15) is 6.73 Å². The molecule has 1 fully saturated rings. The Morgan fingerprint density at radius 1 is 1.29 bits per heavy atom. The fourth-order valence-corrected chi connectivity index (χ4v) is 3.61. The van der Waals surface area contributed by atoms with Crippen molar-refractivity contribution in [2.24, 2.45) is 0 Å². The maximum atomic E-state index is 6.31. The van der Waals surface area contributed by atoms with Gasteiger partial charge in [0, 0.05) is 25.6 Å². The Morgan fingerprint density at radius 2 is 2.04 bits per heavy atom. The van der Waals surface area contributed by atoms with E-state index < -0.39 is 8.07 Å². The zero-order valence-electron chi connectivity index (χ0n) is 14.5. The van der Waals surface area contributed by atoms with Crippen molar-refractivity contribution >= 4 is 30.6 Å². The van der Waals surface area contributed by atoms with Crippen molar-refractivity contribution in [3.05, 3.63) is 28.9 Å². The number of aromatic nitrogens is 2. The molecule has 0 unspecified atom stereocenters. The topological polar surface area (TPSA) is 45.5 Å². The van der Waals surface area contributed by atoms with Gasteiger partial charge in [-0.2, -0.15) is 5.10 Å². The lowest BCUT2D eigenvalue weighted by Gasteiger charge is -2.23. The van der Waals surface area contributed by atoms with E-state index in [9.17, 15) is 0 Å². The predicted molar refractivity (Wildman–Crippen MR) is 98.1 cm³/mol. The minimum Gasteiger partial charge on any atom is -0.360 e. The molecule has 1 aromatic heterocycles. The Bertz CT molecular complexity index is 693. The van der Waals surface area contributed by atoms with Crippen LogP contribution in [0.5, 0.6) is 0 Å². The maximum absolute atomic E-state index is 6.31. The Balaban J connectivity index is 1.71. The SMILES string of the molecule is C[Si](C)(C)CCOCn1nc(Cl)c2cc(C3OCCCO3)ccc21. The normalized spacial score (nSPS) is 16.8. The summed E-state index contributed by atoms with van der Waals surface area (Å²) in [4.78, 5) is 0. The summed E-state index contributed by atoms with van der Waals surface area (Å²) in [6.07, 6.45) is 0.627. The van der Waals surface area contributed by atoms with Crippen molar-refractivity contribution in [3.63, 3.8) is 0 Å². The molecular weight excluding hydrogens is 344 g/mol. The van der Waals surface area contributed by atoms with Crippen molar-refractivity contribution in [1.29, 1.82) is 0 Å². The highest BCUT2D eigenvalue weighted by Gasteiger charge is 2.19. The number of halogens is 1. The highest BCUT2D eigenvalue weighted by molar-refractivity contribution is 6.76. The van der Waals surface area contributed by atoms with Crippen LogP contribution in [0, 0.1) is 0 Å². The first-order valence-electron chi connectivity index (χ1n) is 8.41. The van der Waals surface area contributed by atoms with E-state index >= 15 is 0 Å². The number of rotatable bonds is 6. The molecule has 1 aliphatic heterocycles. The second-order valence-corrected chi connectivity index (χ2v) is 13.3. The van der Waals surface area contributed by atoms with Crippen molar-refractivity contribution in [1.82, 2.24) is 9.78 Å². The molecule has 5 nitrogen and oxygen atoms in total. The molecule has 0 N–H and O–H groups in total. The smallest absolute Gasteiger partial charge is 0.183 e. The summed E-state index contributed by atoms with van der Waals surface area (Å²) in [6, 6.07) is 7.15. The van der Waals surface area contributed by atoms with Gasteiger partial charge in [0.25, 0.3) is 0 Å². The molecular formula is C17H25ClN2O3Si. The monoisotopic (exact) mass is 368 g/mol. The van der Waals surface area contributed by atoms with E-state index in [4.69, 9.17) is 25.8 Å². The van der Waals surface area contributed by atoms with Crippen LogP contribution >= 0.6 is 11.6 Å². The van der Waals surface area contributed by atoms with Gasteiger partial charge in [-0.1, -0.05) is 37.3 Å². The third-order valence-corrected chi connectivity index (χ3v) is 6.02. The van der Waals surface area contributed by atoms with Crippen LogP contribution < -0.4 is 0 Å². The molecule has 0 saturated carbocycles. The molecule has 0 bridgehead atoms. The summed E-state index contributed by atoms with van der Waals surface area (Å²) >= 11 is 6.31. The molecule has 0 aliphatic carbocycles. The van der Waals surface area contributed by atoms with Crippen LogP contribution in [0.1, 0.15) is 18.3 Å². The lowest BCUT2D eigenvalue weighted by molar-refractivity contribution is -0.182. The second kappa shape index (κ2) is 7.54. The van der Waals surface area contributed by atoms with Gasteiger partial charge < -0.3 is 14.2 Å². The van der Waals surface area contributed by atoms with E-state index in [2.05, 4.69) is 24.7 Å². The number of ether oxygens (including phenoxy) is 3. The van der Waals surface area contributed by atoms with E-state index in [1.807, 2.05) is 22.9 Å². The maximum Gasteiger partial charge on any atom is 0.183 e. The first kappa shape index (κ1) is 17.9.